The number of amides is 1. The Labute approximate surface area is 107 Å². The highest BCUT2D eigenvalue weighted by molar-refractivity contribution is 7.86. The van der Waals surface area contributed by atoms with Crippen LogP contribution >= 0.6 is 0 Å². The molecule has 1 aromatic rings. The highest BCUT2D eigenvalue weighted by Gasteiger charge is 2.35. The lowest BCUT2D eigenvalue weighted by atomic mass is 10.1. The van der Waals surface area contributed by atoms with Crippen molar-refractivity contribution in [3.05, 3.63) is 16.7 Å². The molecule has 10 heteroatoms. The largest absolute Gasteiger partial charge is 0.391 e. The molecule has 19 heavy (non-hydrogen) atoms. The van der Waals surface area contributed by atoms with E-state index in [2.05, 4.69) is 9.97 Å². The molecule has 1 aromatic heterocycles. The van der Waals surface area contributed by atoms with Gasteiger partial charge in [0.15, 0.2) is 5.82 Å². The van der Waals surface area contributed by atoms with Crippen LogP contribution in [0.5, 0.6) is 0 Å². The molecule has 2 heterocycles. The van der Waals surface area contributed by atoms with Gasteiger partial charge >= 0.3 is 10.2 Å². The van der Waals surface area contributed by atoms with Crippen molar-refractivity contribution in [2.75, 3.05) is 22.9 Å². The van der Waals surface area contributed by atoms with Crippen LogP contribution in [0.1, 0.15) is 6.42 Å². The quantitative estimate of drug-likeness (QED) is 0.688. The average Bonchev–Trinajstić information content (AvgIpc) is 2.61. The maximum absolute atomic E-state index is 12.6. The molecule has 1 atom stereocenters. The minimum Gasteiger partial charge on any atom is -0.391 e. The maximum Gasteiger partial charge on any atom is 0.302 e. The van der Waals surface area contributed by atoms with Gasteiger partial charge in [-0.25, -0.2) is 4.98 Å². The number of anilines is 2. The molecule has 0 spiro atoms. The first-order chi connectivity index (χ1) is 8.78. The predicted octanol–water partition coefficient (Wildman–Crippen LogP) is -0.996. The number of aromatic nitrogens is 2. The number of hydrogen-bond donors (Lipinski definition) is 2. The van der Waals surface area contributed by atoms with Crippen molar-refractivity contribution in [1.29, 1.82) is 0 Å². The van der Waals surface area contributed by atoms with E-state index in [1.807, 2.05) is 0 Å². The summed E-state index contributed by atoms with van der Waals surface area (Å²) in [5, 5.41) is 0. The highest BCUT2D eigenvalue weighted by Crippen LogP contribution is 2.26. The second-order valence-corrected chi connectivity index (χ2v) is 5.66. The van der Waals surface area contributed by atoms with Gasteiger partial charge in [-0.05, 0) is 0 Å². The number of nitrogens with zero attached hydrogens (tertiary/aromatic N) is 2. The number of rotatable bonds is 3. The normalized spacial score (nSPS) is 19.9. The molecule has 0 bridgehead atoms. The second-order valence-electron chi connectivity index (χ2n) is 4.25. The summed E-state index contributed by atoms with van der Waals surface area (Å²) in [5.41, 5.74) is 4.67. The van der Waals surface area contributed by atoms with Crippen LogP contribution < -0.4 is 16.2 Å². The summed E-state index contributed by atoms with van der Waals surface area (Å²) < 4.78 is 33.7. The molecule has 1 aliphatic heterocycles. The van der Waals surface area contributed by atoms with Gasteiger partial charge in [0, 0.05) is 18.9 Å². The van der Waals surface area contributed by atoms with Crippen LogP contribution in [0.25, 0.3) is 0 Å². The molecule has 104 valence electrons. The molecular formula is C9H11FN4O4S. The Morgan fingerprint density at radius 1 is 1.53 bits per heavy atom. The molecule has 0 saturated carbocycles. The Hall–Kier alpha value is -1.97. The first-order valence-corrected chi connectivity index (χ1v) is 6.89. The Morgan fingerprint density at radius 2 is 2.21 bits per heavy atom. The van der Waals surface area contributed by atoms with E-state index in [4.69, 9.17) is 5.73 Å². The minimum absolute atomic E-state index is 0.0347. The van der Waals surface area contributed by atoms with Crippen molar-refractivity contribution < 1.29 is 17.1 Å². The number of nitrogens with one attached hydrogen (secondary N) is 1. The number of hydrogen-bond acceptors (Lipinski definition) is 6. The lowest BCUT2D eigenvalue weighted by Gasteiger charge is -2.16. The summed E-state index contributed by atoms with van der Waals surface area (Å²) in [7, 11) is -4.65. The SMILES string of the molecule is Nc1c(N2CC(CS(=O)(=O)F)CC2=O)nc[nH]c1=O. The minimum atomic E-state index is -4.65. The summed E-state index contributed by atoms with van der Waals surface area (Å²) in [6.07, 6.45) is 0.956. The van der Waals surface area contributed by atoms with Gasteiger partial charge in [-0.15, -0.1) is 3.89 Å². The number of aromatic amines is 1. The van der Waals surface area contributed by atoms with Crippen molar-refractivity contribution >= 4 is 27.6 Å². The summed E-state index contributed by atoms with van der Waals surface area (Å²) in [4.78, 5) is 30.2. The van der Waals surface area contributed by atoms with E-state index in [0.29, 0.717) is 0 Å². The van der Waals surface area contributed by atoms with Crippen molar-refractivity contribution in [2.24, 2.45) is 5.92 Å². The first-order valence-electron chi connectivity index (χ1n) is 5.34. The fraction of sp³-hybridized carbons (Fsp3) is 0.444. The number of nitrogens with two attached hydrogens (primary N) is 1. The molecule has 0 aliphatic carbocycles. The van der Waals surface area contributed by atoms with Crippen LogP contribution in [-0.4, -0.2) is 36.6 Å². The molecule has 0 radical (unpaired) electrons. The van der Waals surface area contributed by atoms with E-state index < -0.39 is 33.4 Å². The first kappa shape index (κ1) is 13.5. The molecule has 8 nitrogen and oxygen atoms in total. The molecule has 0 aromatic carbocycles. The van der Waals surface area contributed by atoms with Gasteiger partial charge in [-0.1, -0.05) is 0 Å². The zero-order valence-electron chi connectivity index (χ0n) is 9.67. The number of carbonyl (C=O) groups is 1. The molecule has 1 fully saturated rings. The lowest BCUT2D eigenvalue weighted by molar-refractivity contribution is -0.117. The number of H-pyrrole nitrogens is 1. The lowest BCUT2D eigenvalue weighted by Crippen LogP contribution is -2.29. The molecule has 1 saturated heterocycles. The Kier molecular flexibility index (Phi) is 3.27. The van der Waals surface area contributed by atoms with Crippen molar-refractivity contribution in [3.63, 3.8) is 0 Å². The van der Waals surface area contributed by atoms with Crippen LogP contribution in [0.15, 0.2) is 11.1 Å². The van der Waals surface area contributed by atoms with E-state index in [-0.39, 0.29) is 24.5 Å². The summed E-state index contributed by atoms with van der Waals surface area (Å²) in [6, 6.07) is 0. The van der Waals surface area contributed by atoms with Crippen LogP contribution in [0.3, 0.4) is 0 Å². The molecule has 1 unspecified atom stereocenters. The molecule has 3 N–H and O–H groups in total. The number of nitrogen functional groups attached to an aromatic ring is 1. The Balaban J connectivity index is 2.26. The van der Waals surface area contributed by atoms with Crippen LogP contribution in [-0.2, 0) is 15.0 Å². The van der Waals surface area contributed by atoms with Crippen LogP contribution in [0.4, 0.5) is 15.4 Å². The van der Waals surface area contributed by atoms with Gasteiger partial charge in [-0.3, -0.25) is 14.5 Å². The smallest absolute Gasteiger partial charge is 0.302 e. The number of halogens is 1. The third kappa shape index (κ3) is 2.89. The van der Waals surface area contributed by atoms with Crippen molar-refractivity contribution in [3.8, 4) is 0 Å². The van der Waals surface area contributed by atoms with Gasteiger partial charge < -0.3 is 10.7 Å². The topological polar surface area (TPSA) is 126 Å². The third-order valence-corrected chi connectivity index (χ3v) is 3.63. The predicted molar refractivity (Wildman–Crippen MR) is 64.6 cm³/mol. The molecule has 1 amide bonds. The van der Waals surface area contributed by atoms with Crippen molar-refractivity contribution in [1.82, 2.24) is 9.97 Å². The van der Waals surface area contributed by atoms with Crippen molar-refractivity contribution in [2.45, 2.75) is 6.42 Å². The van der Waals surface area contributed by atoms with Gasteiger partial charge in [0.25, 0.3) is 5.56 Å². The molecule has 2 rings (SSSR count). The standard InChI is InChI=1S/C9H11FN4O4S/c10-19(17,18)3-5-1-6(15)14(2-5)8-7(11)9(16)13-4-12-8/h4-5H,1-3,11H2,(H,12,13,16). The molecule has 1 aliphatic rings. The van der Waals surface area contributed by atoms with Crippen LogP contribution in [0, 0.1) is 5.92 Å². The van der Waals surface area contributed by atoms with E-state index in [1.165, 1.54) is 0 Å². The monoisotopic (exact) mass is 290 g/mol. The summed E-state index contributed by atoms with van der Waals surface area (Å²) in [6.45, 7) is -0.0391. The molecular weight excluding hydrogens is 279 g/mol. The third-order valence-electron chi connectivity index (χ3n) is 2.76. The maximum atomic E-state index is 12.6. The van der Waals surface area contributed by atoms with Gasteiger partial charge in [0.05, 0.1) is 12.1 Å². The van der Waals surface area contributed by atoms with E-state index in [9.17, 15) is 21.9 Å². The van der Waals surface area contributed by atoms with Gasteiger partial charge in [0.1, 0.15) is 5.69 Å². The second kappa shape index (κ2) is 4.61. The van der Waals surface area contributed by atoms with Gasteiger partial charge in [0.2, 0.25) is 5.91 Å². The van der Waals surface area contributed by atoms with E-state index in [1.54, 1.807) is 0 Å². The highest BCUT2D eigenvalue weighted by atomic mass is 32.3. The van der Waals surface area contributed by atoms with E-state index in [0.717, 1.165) is 11.2 Å². The van der Waals surface area contributed by atoms with Crippen LogP contribution in [0.2, 0.25) is 0 Å². The van der Waals surface area contributed by atoms with E-state index >= 15 is 0 Å². The fourth-order valence-corrected chi connectivity index (χ4v) is 2.78. The Morgan fingerprint density at radius 3 is 2.84 bits per heavy atom. The van der Waals surface area contributed by atoms with Gasteiger partial charge in [-0.2, -0.15) is 8.42 Å². The zero-order chi connectivity index (χ0) is 14.2. The summed E-state index contributed by atoms with van der Waals surface area (Å²) in [5.74, 6) is -1.90. The summed E-state index contributed by atoms with van der Waals surface area (Å²) >= 11 is 0. The fourth-order valence-electron chi connectivity index (χ4n) is 2.00. The Bertz CT molecular complexity index is 671. The average molecular weight is 290 g/mol. The zero-order valence-corrected chi connectivity index (χ0v) is 10.5. The number of carbonyl (C=O) groups excluding carboxylic acids is 1.